The number of nitrogens with zero attached hydrogens (tertiary/aromatic N) is 1. The third-order valence-electron chi connectivity index (χ3n) is 1.76. The van der Waals surface area contributed by atoms with Crippen LogP contribution in [0.1, 0.15) is 19.4 Å². The molecule has 0 aromatic heterocycles. The lowest BCUT2D eigenvalue weighted by atomic mass is 10.2. The predicted octanol–water partition coefficient (Wildman–Crippen LogP) is 2.45. The van der Waals surface area contributed by atoms with E-state index in [9.17, 15) is 4.79 Å². The number of amides is 1. The molecule has 1 amide bonds. The highest BCUT2D eigenvalue weighted by molar-refractivity contribution is 6.30. The fraction of sp³-hybridized carbons (Fsp3) is 0.273. The predicted molar refractivity (Wildman–Crippen MR) is 62.0 cm³/mol. The highest BCUT2D eigenvalue weighted by Crippen LogP contribution is 2.08. The van der Waals surface area contributed by atoms with E-state index in [0.717, 1.165) is 5.56 Å². The third kappa shape index (κ3) is 4.13. The Labute approximate surface area is 94.1 Å². The van der Waals surface area contributed by atoms with Crippen molar-refractivity contribution in [2.24, 2.45) is 11.0 Å². The van der Waals surface area contributed by atoms with E-state index in [1.807, 2.05) is 26.0 Å². The Morgan fingerprint density at radius 1 is 1.53 bits per heavy atom. The molecule has 80 valence electrons. The van der Waals surface area contributed by atoms with Crippen molar-refractivity contribution in [3.05, 3.63) is 34.9 Å². The molecule has 0 heterocycles. The molecule has 0 atom stereocenters. The molecule has 0 saturated heterocycles. The molecule has 0 radical (unpaired) electrons. The second-order valence-corrected chi connectivity index (χ2v) is 3.88. The monoisotopic (exact) mass is 224 g/mol. The number of hydrogen-bond acceptors (Lipinski definition) is 2. The third-order valence-corrected chi connectivity index (χ3v) is 2.00. The zero-order valence-corrected chi connectivity index (χ0v) is 9.45. The van der Waals surface area contributed by atoms with Crippen LogP contribution in [0.5, 0.6) is 0 Å². The maximum absolute atomic E-state index is 11.1. The lowest BCUT2D eigenvalue weighted by molar-refractivity contribution is -0.123. The summed E-state index contributed by atoms with van der Waals surface area (Å²) in [7, 11) is 0. The van der Waals surface area contributed by atoms with Gasteiger partial charge in [-0.05, 0) is 17.7 Å². The van der Waals surface area contributed by atoms with Gasteiger partial charge >= 0.3 is 0 Å². The molecule has 0 aliphatic carbocycles. The van der Waals surface area contributed by atoms with Gasteiger partial charge in [0.05, 0.1) is 6.21 Å². The van der Waals surface area contributed by atoms with E-state index in [1.165, 1.54) is 0 Å². The molecule has 0 bridgehead atoms. The molecule has 1 rings (SSSR count). The summed E-state index contributed by atoms with van der Waals surface area (Å²) in [5.74, 6) is -0.171. The summed E-state index contributed by atoms with van der Waals surface area (Å²) in [4.78, 5) is 11.1. The number of benzene rings is 1. The molecule has 1 aromatic rings. The maximum Gasteiger partial charge on any atom is 0.242 e. The van der Waals surface area contributed by atoms with E-state index < -0.39 is 0 Å². The van der Waals surface area contributed by atoms with Crippen LogP contribution in [0.4, 0.5) is 0 Å². The van der Waals surface area contributed by atoms with Gasteiger partial charge in [0.2, 0.25) is 5.91 Å². The van der Waals surface area contributed by atoms with E-state index in [2.05, 4.69) is 10.5 Å². The highest BCUT2D eigenvalue weighted by Gasteiger charge is 2.03. The van der Waals surface area contributed by atoms with Gasteiger partial charge in [-0.15, -0.1) is 0 Å². The van der Waals surface area contributed by atoms with Crippen molar-refractivity contribution >= 4 is 23.7 Å². The molecule has 0 saturated carbocycles. The first-order valence-electron chi connectivity index (χ1n) is 4.68. The van der Waals surface area contributed by atoms with Gasteiger partial charge in [-0.3, -0.25) is 4.79 Å². The Hall–Kier alpha value is -1.35. The standard InChI is InChI=1S/C11H13ClN2O/c1-8(2)11(15)14-13-7-9-4-3-5-10(12)6-9/h3-8H,1-2H3,(H,14,15)/b13-7+. The smallest absolute Gasteiger partial charge is 0.242 e. The first kappa shape index (κ1) is 11.7. The average Bonchev–Trinajstić information content (AvgIpc) is 2.17. The van der Waals surface area contributed by atoms with Crippen molar-refractivity contribution in [1.29, 1.82) is 0 Å². The van der Waals surface area contributed by atoms with Crippen LogP contribution in [0.2, 0.25) is 5.02 Å². The summed E-state index contributed by atoms with van der Waals surface area (Å²) in [5, 5.41) is 4.47. The molecule has 1 aromatic carbocycles. The van der Waals surface area contributed by atoms with Crippen LogP contribution in [0, 0.1) is 5.92 Å². The largest absolute Gasteiger partial charge is 0.273 e. The van der Waals surface area contributed by atoms with Crippen LogP contribution in [-0.2, 0) is 4.79 Å². The Kier molecular flexibility index (Phi) is 4.31. The molecule has 0 aliphatic rings. The Balaban J connectivity index is 2.55. The van der Waals surface area contributed by atoms with Crippen LogP contribution in [-0.4, -0.2) is 12.1 Å². The van der Waals surface area contributed by atoms with Gasteiger partial charge in [0, 0.05) is 10.9 Å². The van der Waals surface area contributed by atoms with Crippen molar-refractivity contribution in [3.63, 3.8) is 0 Å². The lowest BCUT2D eigenvalue weighted by Gasteiger charge is -2.01. The zero-order chi connectivity index (χ0) is 11.3. The molecule has 3 nitrogen and oxygen atoms in total. The van der Waals surface area contributed by atoms with E-state index in [0.29, 0.717) is 5.02 Å². The summed E-state index contributed by atoms with van der Waals surface area (Å²) >= 11 is 5.79. The van der Waals surface area contributed by atoms with Crippen molar-refractivity contribution < 1.29 is 4.79 Å². The van der Waals surface area contributed by atoms with E-state index >= 15 is 0 Å². The summed E-state index contributed by atoms with van der Waals surface area (Å²) < 4.78 is 0. The average molecular weight is 225 g/mol. The molecule has 15 heavy (non-hydrogen) atoms. The maximum atomic E-state index is 11.1. The highest BCUT2D eigenvalue weighted by atomic mass is 35.5. The molecule has 4 heteroatoms. The number of hydrogen-bond donors (Lipinski definition) is 1. The van der Waals surface area contributed by atoms with Gasteiger partial charge < -0.3 is 0 Å². The Morgan fingerprint density at radius 3 is 2.87 bits per heavy atom. The molecular formula is C11H13ClN2O. The number of hydrazone groups is 1. The van der Waals surface area contributed by atoms with Crippen molar-refractivity contribution in [1.82, 2.24) is 5.43 Å². The molecule has 0 unspecified atom stereocenters. The van der Waals surface area contributed by atoms with Crippen LogP contribution >= 0.6 is 11.6 Å². The Morgan fingerprint density at radius 2 is 2.27 bits per heavy atom. The summed E-state index contributed by atoms with van der Waals surface area (Å²) in [6.45, 7) is 3.62. The van der Waals surface area contributed by atoms with Crippen molar-refractivity contribution in [2.75, 3.05) is 0 Å². The Bertz CT molecular complexity index is 375. The van der Waals surface area contributed by atoms with Crippen LogP contribution in [0.3, 0.4) is 0 Å². The lowest BCUT2D eigenvalue weighted by Crippen LogP contribution is -2.22. The first-order valence-corrected chi connectivity index (χ1v) is 5.06. The van der Waals surface area contributed by atoms with E-state index in [-0.39, 0.29) is 11.8 Å². The van der Waals surface area contributed by atoms with E-state index in [1.54, 1.807) is 18.3 Å². The van der Waals surface area contributed by atoms with Gasteiger partial charge in [0.1, 0.15) is 0 Å². The SMILES string of the molecule is CC(C)C(=O)N/N=C/c1cccc(Cl)c1. The number of halogens is 1. The second-order valence-electron chi connectivity index (χ2n) is 3.44. The molecule has 0 spiro atoms. The topological polar surface area (TPSA) is 41.5 Å². The van der Waals surface area contributed by atoms with Gasteiger partial charge in [0.25, 0.3) is 0 Å². The van der Waals surface area contributed by atoms with Gasteiger partial charge in [-0.25, -0.2) is 5.43 Å². The van der Waals surface area contributed by atoms with Crippen LogP contribution in [0.15, 0.2) is 29.4 Å². The van der Waals surface area contributed by atoms with Gasteiger partial charge in [-0.1, -0.05) is 37.6 Å². The minimum atomic E-state index is -0.103. The fourth-order valence-electron chi connectivity index (χ4n) is 0.886. The quantitative estimate of drug-likeness (QED) is 0.622. The summed E-state index contributed by atoms with van der Waals surface area (Å²) in [6.07, 6.45) is 1.56. The van der Waals surface area contributed by atoms with Gasteiger partial charge in [-0.2, -0.15) is 5.10 Å². The minimum Gasteiger partial charge on any atom is -0.273 e. The second kappa shape index (κ2) is 5.51. The number of rotatable bonds is 3. The van der Waals surface area contributed by atoms with Crippen molar-refractivity contribution in [3.8, 4) is 0 Å². The molecule has 0 aliphatic heterocycles. The number of carbonyl (C=O) groups is 1. The molecule has 0 fully saturated rings. The number of nitrogens with one attached hydrogen (secondary N) is 1. The fourth-order valence-corrected chi connectivity index (χ4v) is 1.09. The van der Waals surface area contributed by atoms with Crippen molar-refractivity contribution in [2.45, 2.75) is 13.8 Å². The van der Waals surface area contributed by atoms with Crippen LogP contribution in [0.25, 0.3) is 0 Å². The molecular weight excluding hydrogens is 212 g/mol. The summed E-state index contributed by atoms with van der Waals surface area (Å²) in [6, 6.07) is 7.24. The minimum absolute atomic E-state index is 0.0680. The molecule has 1 N–H and O–H groups in total. The van der Waals surface area contributed by atoms with Crippen LogP contribution < -0.4 is 5.43 Å². The van der Waals surface area contributed by atoms with Gasteiger partial charge in [0.15, 0.2) is 0 Å². The zero-order valence-electron chi connectivity index (χ0n) is 8.70. The first-order chi connectivity index (χ1) is 7.09. The number of carbonyl (C=O) groups excluding carboxylic acids is 1. The summed E-state index contributed by atoms with van der Waals surface area (Å²) in [5.41, 5.74) is 3.29. The normalized spacial score (nSPS) is 10.9. The van der Waals surface area contributed by atoms with E-state index in [4.69, 9.17) is 11.6 Å².